The van der Waals surface area contributed by atoms with Gasteiger partial charge in [-0.05, 0) is 32.4 Å². The number of aromatic amines is 1. The SMILES string of the molecule is CO[C@]1(COc2ccc(C)cc2)CCN(C(=O)c2cc(=O)[nH]c(C)n2)C1. The molecule has 0 saturated carbocycles. The Kier molecular flexibility index (Phi) is 5.08. The number of nitrogens with one attached hydrogen (secondary N) is 1. The molecule has 0 bridgehead atoms. The van der Waals surface area contributed by atoms with Crippen molar-refractivity contribution in [3.63, 3.8) is 0 Å². The lowest BCUT2D eigenvalue weighted by atomic mass is 10.0. The lowest BCUT2D eigenvalue weighted by Gasteiger charge is -2.27. The summed E-state index contributed by atoms with van der Waals surface area (Å²) < 4.78 is 11.6. The highest BCUT2D eigenvalue weighted by molar-refractivity contribution is 5.92. The number of nitrogens with zero attached hydrogens (tertiary/aromatic N) is 2. The molecule has 0 aliphatic carbocycles. The summed E-state index contributed by atoms with van der Waals surface area (Å²) in [5.41, 5.74) is 0.409. The molecule has 138 valence electrons. The van der Waals surface area contributed by atoms with Crippen molar-refractivity contribution in [3.8, 4) is 5.75 Å². The quantitative estimate of drug-likeness (QED) is 0.880. The Morgan fingerprint density at radius 1 is 1.31 bits per heavy atom. The molecule has 1 amide bonds. The summed E-state index contributed by atoms with van der Waals surface area (Å²) in [6, 6.07) is 9.03. The molecule has 1 N–H and O–H groups in total. The topological polar surface area (TPSA) is 84.5 Å². The zero-order valence-electron chi connectivity index (χ0n) is 15.2. The Hall–Kier alpha value is -2.67. The minimum absolute atomic E-state index is 0.151. The first-order valence-electron chi connectivity index (χ1n) is 8.53. The Bertz CT molecular complexity index is 847. The fraction of sp³-hybridized carbons (Fsp3) is 0.421. The van der Waals surface area contributed by atoms with Crippen molar-refractivity contribution >= 4 is 5.91 Å². The smallest absolute Gasteiger partial charge is 0.272 e. The van der Waals surface area contributed by atoms with Crippen LogP contribution in [-0.2, 0) is 4.74 Å². The van der Waals surface area contributed by atoms with Gasteiger partial charge in [0.2, 0.25) is 0 Å². The number of carbonyl (C=O) groups is 1. The van der Waals surface area contributed by atoms with Gasteiger partial charge < -0.3 is 19.4 Å². The van der Waals surface area contributed by atoms with Gasteiger partial charge in [-0.1, -0.05) is 17.7 Å². The van der Waals surface area contributed by atoms with E-state index in [9.17, 15) is 9.59 Å². The van der Waals surface area contributed by atoms with E-state index in [1.165, 1.54) is 6.07 Å². The molecular formula is C19H23N3O4. The summed E-state index contributed by atoms with van der Waals surface area (Å²) in [6.07, 6.45) is 0.656. The number of ether oxygens (including phenoxy) is 2. The Morgan fingerprint density at radius 2 is 2.04 bits per heavy atom. The maximum Gasteiger partial charge on any atom is 0.272 e. The number of rotatable bonds is 5. The number of hydrogen-bond acceptors (Lipinski definition) is 5. The van der Waals surface area contributed by atoms with Crippen LogP contribution in [0, 0.1) is 13.8 Å². The monoisotopic (exact) mass is 357 g/mol. The van der Waals surface area contributed by atoms with Gasteiger partial charge in [-0.2, -0.15) is 0 Å². The largest absolute Gasteiger partial charge is 0.491 e. The lowest BCUT2D eigenvalue weighted by Crippen LogP contribution is -2.42. The second kappa shape index (κ2) is 7.29. The molecule has 1 aliphatic rings. The normalized spacial score (nSPS) is 19.6. The second-order valence-electron chi connectivity index (χ2n) is 6.68. The number of hydrogen-bond donors (Lipinski definition) is 1. The Balaban J connectivity index is 1.68. The van der Waals surface area contributed by atoms with Crippen LogP contribution in [-0.4, -0.2) is 53.2 Å². The van der Waals surface area contributed by atoms with Crippen molar-refractivity contribution in [2.24, 2.45) is 0 Å². The highest BCUT2D eigenvalue weighted by atomic mass is 16.5. The van der Waals surface area contributed by atoms with Crippen LogP contribution in [0.2, 0.25) is 0 Å². The van der Waals surface area contributed by atoms with E-state index >= 15 is 0 Å². The van der Waals surface area contributed by atoms with Crippen LogP contribution in [0.3, 0.4) is 0 Å². The fourth-order valence-corrected chi connectivity index (χ4v) is 3.06. The molecule has 0 radical (unpaired) electrons. The summed E-state index contributed by atoms with van der Waals surface area (Å²) in [7, 11) is 1.63. The molecule has 0 spiro atoms. The summed E-state index contributed by atoms with van der Waals surface area (Å²) >= 11 is 0. The molecule has 2 aromatic rings. The predicted molar refractivity (Wildman–Crippen MR) is 96.5 cm³/mol. The van der Waals surface area contributed by atoms with E-state index in [1.807, 2.05) is 31.2 Å². The van der Waals surface area contributed by atoms with Gasteiger partial charge in [0.1, 0.15) is 29.5 Å². The molecule has 1 saturated heterocycles. The van der Waals surface area contributed by atoms with Crippen molar-refractivity contribution in [3.05, 3.63) is 57.8 Å². The lowest BCUT2D eigenvalue weighted by molar-refractivity contribution is -0.0342. The molecule has 1 aliphatic heterocycles. The maximum absolute atomic E-state index is 12.7. The third-order valence-corrected chi connectivity index (χ3v) is 4.64. The summed E-state index contributed by atoms with van der Waals surface area (Å²) in [4.78, 5) is 32.6. The second-order valence-corrected chi connectivity index (χ2v) is 6.68. The van der Waals surface area contributed by atoms with Crippen LogP contribution in [0.5, 0.6) is 5.75 Å². The first kappa shape index (κ1) is 18.1. The average molecular weight is 357 g/mol. The van der Waals surface area contributed by atoms with Crippen LogP contribution < -0.4 is 10.3 Å². The van der Waals surface area contributed by atoms with Crippen LogP contribution >= 0.6 is 0 Å². The van der Waals surface area contributed by atoms with Gasteiger partial charge in [-0.15, -0.1) is 0 Å². The molecule has 1 aromatic carbocycles. The van der Waals surface area contributed by atoms with Gasteiger partial charge in [0.25, 0.3) is 11.5 Å². The van der Waals surface area contributed by atoms with Gasteiger partial charge in [-0.25, -0.2) is 4.98 Å². The molecule has 1 aromatic heterocycles. The minimum Gasteiger partial charge on any atom is -0.491 e. The zero-order valence-corrected chi connectivity index (χ0v) is 15.2. The molecular weight excluding hydrogens is 334 g/mol. The van der Waals surface area contributed by atoms with Gasteiger partial charge in [-0.3, -0.25) is 9.59 Å². The van der Waals surface area contributed by atoms with Gasteiger partial charge in [0.05, 0.1) is 6.54 Å². The van der Waals surface area contributed by atoms with E-state index in [2.05, 4.69) is 9.97 Å². The van der Waals surface area contributed by atoms with E-state index < -0.39 is 5.60 Å². The fourth-order valence-electron chi connectivity index (χ4n) is 3.06. The molecule has 7 nitrogen and oxygen atoms in total. The van der Waals surface area contributed by atoms with Gasteiger partial charge >= 0.3 is 0 Å². The standard InChI is InChI=1S/C19H23N3O4/c1-13-4-6-15(7-5-13)26-12-19(25-3)8-9-22(11-19)18(24)16-10-17(23)21-14(2)20-16/h4-7,10H,8-9,11-12H2,1-3H3,(H,20,21,23)/t19-/m1/s1. The Morgan fingerprint density at radius 3 is 2.69 bits per heavy atom. The number of methoxy groups -OCH3 is 1. The summed E-state index contributed by atoms with van der Waals surface area (Å²) in [5, 5.41) is 0. The highest BCUT2D eigenvalue weighted by Crippen LogP contribution is 2.27. The zero-order chi connectivity index (χ0) is 18.7. The molecule has 26 heavy (non-hydrogen) atoms. The Labute approximate surface area is 152 Å². The third kappa shape index (κ3) is 3.94. The number of carbonyl (C=O) groups excluding carboxylic acids is 1. The van der Waals surface area contributed by atoms with Gasteiger partial charge in [0.15, 0.2) is 0 Å². The molecule has 1 atom stereocenters. The van der Waals surface area contributed by atoms with Crippen molar-refractivity contribution in [1.82, 2.24) is 14.9 Å². The van der Waals surface area contributed by atoms with Crippen LogP contribution in [0.15, 0.2) is 35.1 Å². The first-order valence-corrected chi connectivity index (χ1v) is 8.53. The first-order chi connectivity index (χ1) is 12.4. The van der Waals surface area contributed by atoms with Crippen molar-refractivity contribution < 1.29 is 14.3 Å². The van der Waals surface area contributed by atoms with Crippen LogP contribution in [0.4, 0.5) is 0 Å². The molecule has 3 rings (SSSR count). The third-order valence-electron chi connectivity index (χ3n) is 4.64. The van der Waals surface area contributed by atoms with Crippen LogP contribution in [0.1, 0.15) is 28.3 Å². The van der Waals surface area contributed by atoms with Crippen molar-refractivity contribution in [1.29, 1.82) is 0 Å². The van der Waals surface area contributed by atoms with Crippen molar-refractivity contribution in [2.75, 3.05) is 26.8 Å². The van der Waals surface area contributed by atoms with E-state index in [1.54, 1.807) is 18.9 Å². The average Bonchev–Trinajstić information content (AvgIpc) is 3.05. The number of amides is 1. The van der Waals surface area contributed by atoms with E-state index in [4.69, 9.17) is 9.47 Å². The molecule has 7 heteroatoms. The summed E-state index contributed by atoms with van der Waals surface area (Å²) in [6.45, 7) is 4.93. The number of aromatic nitrogens is 2. The minimum atomic E-state index is -0.573. The molecule has 2 heterocycles. The number of aryl methyl sites for hydroxylation is 2. The number of benzene rings is 1. The van der Waals surface area contributed by atoms with E-state index in [0.29, 0.717) is 31.9 Å². The van der Waals surface area contributed by atoms with Crippen molar-refractivity contribution in [2.45, 2.75) is 25.9 Å². The molecule has 1 fully saturated rings. The van der Waals surface area contributed by atoms with Crippen LogP contribution in [0.25, 0.3) is 0 Å². The van der Waals surface area contributed by atoms with Gasteiger partial charge in [0, 0.05) is 19.7 Å². The summed E-state index contributed by atoms with van der Waals surface area (Å²) in [5.74, 6) is 0.915. The molecule has 0 unspecified atom stereocenters. The van der Waals surface area contributed by atoms with E-state index in [0.717, 1.165) is 11.3 Å². The highest BCUT2D eigenvalue weighted by Gasteiger charge is 2.41. The predicted octanol–water partition coefficient (Wildman–Crippen LogP) is 1.70. The number of likely N-dealkylation sites (tertiary alicyclic amines) is 1. The maximum atomic E-state index is 12.7. The number of H-pyrrole nitrogens is 1. The van der Waals surface area contributed by atoms with E-state index in [-0.39, 0.29) is 17.2 Å².